The van der Waals surface area contributed by atoms with Crippen LogP contribution in [-0.4, -0.2) is 83.9 Å². The van der Waals surface area contributed by atoms with Crippen molar-refractivity contribution in [1.29, 1.82) is 0 Å². The first-order valence-electron chi connectivity index (χ1n) is 11.0. The number of carboxylic acids is 2. The van der Waals surface area contributed by atoms with Crippen molar-refractivity contribution >= 4 is 11.9 Å². The fraction of sp³-hybridized carbons (Fsp3) is 0.682. The Kier molecular flexibility index (Phi) is 10.1. The Hall–Kier alpha value is -2.45. The number of rotatable bonds is 6. The van der Waals surface area contributed by atoms with Gasteiger partial charge < -0.3 is 19.7 Å². The molecule has 0 spiro atoms. The van der Waals surface area contributed by atoms with E-state index in [1.807, 2.05) is 0 Å². The van der Waals surface area contributed by atoms with Gasteiger partial charge in [0.05, 0.1) is 25.5 Å². The van der Waals surface area contributed by atoms with Crippen LogP contribution in [0.25, 0.3) is 0 Å². The minimum Gasteiger partial charge on any atom is -0.475 e. The van der Waals surface area contributed by atoms with Gasteiger partial charge in [0.1, 0.15) is 0 Å². The minimum absolute atomic E-state index is 0.221. The number of carboxylic acid groups (broad SMARTS) is 2. The number of fused-ring (bicyclic) bond motifs is 1. The van der Waals surface area contributed by atoms with Gasteiger partial charge in [0.2, 0.25) is 0 Å². The molecule has 4 rings (SSSR count). The van der Waals surface area contributed by atoms with E-state index in [4.69, 9.17) is 29.3 Å². The van der Waals surface area contributed by atoms with E-state index in [-0.39, 0.29) is 5.41 Å². The van der Waals surface area contributed by atoms with Crippen LogP contribution < -0.4 is 0 Å². The summed E-state index contributed by atoms with van der Waals surface area (Å²) in [5, 5.41) is 14.2. The fourth-order valence-electron chi connectivity index (χ4n) is 3.90. The Bertz CT molecular complexity index is 869. The van der Waals surface area contributed by atoms with Gasteiger partial charge in [-0.15, -0.1) is 0 Å². The molecule has 1 saturated carbocycles. The summed E-state index contributed by atoms with van der Waals surface area (Å²) in [6, 6.07) is 6.29. The van der Waals surface area contributed by atoms with Gasteiger partial charge in [-0.25, -0.2) is 9.59 Å². The van der Waals surface area contributed by atoms with Crippen LogP contribution in [0.4, 0.5) is 26.3 Å². The van der Waals surface area contributed by atoms with Gasteiger partial charge in [-0.2, -0.15) is 26.3 Å². The van der Waals surface area contributed by atoms with Gasteiger partial charge in [-0.1, -0.05) is 6.07 Å². The van der Waals surface area contributed by atoms with E-state index < -0.39 is 24.3 Å². The SMILES string of the molecule is Cc1cccc(CN2C[C@@H]3COC[C@]3(COCC3CC3)C2)n1.O=C(O)C(F)(F)F.O=C(O)C(F)(F)F. The number of hydrogen-bond donors (Lipinski definition) is 2. The number of pyridine rings is 1. The lowest BCUT2D eigenvalue weighted by atomic mass is 9.82. The quantitative estimate of drug-likeness (QED) is 0.538. The summed E-state index contributed by atoms with van der Waals surface area (Å²) in [6.45, 7) is 8.77. The van der Waals surface area contributed by atoms with Gasteiger partial charge in [-0.3, -0.25) is 9.88 Å². The maximum Gasteiger partial charge on any atom is 0.490 e. The second-order valence-corrected chi connectivity index (χ2v) is 9.08. The molecule has 2 N–H and O–H groups in total. The van der Waals surface area contributed by atoms with Gasteiger partial charge in [-0.05, 0) is 37.8 Å². The van der Waals surface area contributed by atoms with E-state index >= 15 is 0 Å². The fourth-order valence-corrected chi connectivity index (χ4v) is 3.90. The molecule has 204 valence electrons. The van der Waals surface area contributed by atoms with Crippen molar-refractivity contribution in [1.82, 2.24) is 9.88 Å². The molecular weight excluding hydrogens is 502 g/mol. The molecule has 1 aliphatic carbocycles. The predicted octanol–water partition coefficient (Wildman–Crippen LogP) is 3.53. The Morgan fingerprint density at radius 1 is 1.14 bits per heavy atom. The minimum atomic E-state index is -5.08. The zero-order valence-electron chi connectivity index (χ0n) is 19.4. The van der Waals surface area contributed by atoms with Crippen molar-refractivity contribution in [3.63, 3.8) is 0 Å². The molecule has 0 unspecified atom stereocenters. The maximum atomic E-state index is 10.6. The third-order valence-electron chi connectivity index (χ3n) is 5.85. The summed E-state index contributed by atoms with van der Waals surface area (Å²) in [7, 11) is 0. The average Bonchev–Trinajstić information content (AvgIpc) is 3.39. The number of halogens is 6. The Morgan fingerprint density at radius 2 is 1.72 bits per heavy atom. The third-order valence-corrected chi connectivity index (χ3v) is 5.85. The Balaban J connectivity index is 0.000000271. The van der Waals surface area contributed by atoms with Crippen molar-refractivity contribution < 1.29 is 55.6 Å². The summed E-state index contributed by atoms with van der Waals surface area (Å²) in [5.41, 5.74) is 2.50. The number of carbonyl (C=O) groups is 2. The maximum absolute atomic E-state index is 10.6. The third kappa shape index (κ3) is 9.54. The first-order chi connectivity index (χ1) is 16.6. The molecule has 36 heavy (non-hydrogen) atoms. The van der Waals surface area contributed by atoms with E-state index in [0.717, 1.165) is 57.7 Å². The molecule has 3 aliphatic rings. The van der Waals surface area contributed by atoms with E-state index in [2.05, 4.69) is 35.0 Å². The topological polar surface area (TPSA) is 109 Å². The molecule has 3 heterocycles. The highest BCUT2D eigenvalue weighted by atomic mass is 19.4. The molecule has 3 fully saturated rings. The number of nitrogens with zero attached hydrogens (tertiary/aromatic N) is 2. The number of alkyl halides is 6. The number of aryl methyl sites for hydroxylation is 1. The molecule has 0 amide bonds. The van der Waals surface area contributed by atoms with Crippen molar-refractivity contribution in [2.45, 2.75) is 38.7 Å². The zero-order valence-corrected chi connectivity index (χ0v) is 19.4. The van der Waals surface area contributed by atoms with Crippen molar-refractivity contribution in [3.8, 4) is 0 Å². The van der Waals surface area contributed by atoms with Crippen molar-refractivity contribution in [3.05, 3.63) is 29.6 Å². The predicted molar refractivity (Wildman–Crippen MR) is 112 cm³/mol. The lowest BCUT2D eigenvalue weighted by Gasteiger charge is -2.27. The van der Waals surface area contributed by atoms with Crippen LogP contribution >= 0.6 is 0 Å². The van der Waals surface area contributed by atoms with Crippen LogP contribution in [0.2, 0.25) is 0 Å². The van der Waals surface area contributed by atoms with Crippen LogP contribution in [0.5, 0.6) is 0 Å². The number of hydrogen-bond acceptors (Lipinski definition) is 6. The summed E-state index contributed by atoms with van der Waals surface area (Å²) < 4.78 is 75.3. The lowest BCUT2D eigenvalue weighted by Crippen LogP contribution is -2.36. The Morgan fingerprint density at radius 3 is 2.22 bits per heavy atom. The molecule has 1 aromatic heterocycles. The second-order valence-electron chi connectivity index (χ2n) is 9.08. The molecule has 14 heteroatoms. The van der Waals surface area contributed by atoms with E-state index in [0.29, 0.717) is 5.92 Å². The summed E-state index contributed by atoms with van der Waals surface area (Å²) in [6.07, 6.45) is -7.45. The highest BCUT2D eigenvalue weighted by Gasteiger charge is 2.51. The average molecular weight is 530 g/mol. The van der Waals surface area contributed by atoms with Crippen LogP contribution in [0.15, 0.2) is 18.2 Å². The van der Waals surface area contributed by atoms with Crippen LogP contribution in [-0.2, 0) is 25.6 Å². The standard InChI is InChI=1S/C18H26N2O2.2C2HF3O2/c1-14-3-2-4-17(19-14)8-20-7-16-10-22-13-18(16,11-20)12-21-9-15-5-6-15;2*3-2(4,5)1(6)7/h2-4,15-16H,5-13H2,1H3;2*(H,6,7)/t16-,18-;;/m1../s1. The van der Waals surface area contributed by atoms with Gasteiger partial charge in [0.15, 0.2) is 0 Å². The van der Waals surface area contributed by atoms with E-state index in [1.54, 1.807) is 0 Å². The largest absolute Gasteiger partial charge is 0.490 e. The van der Waals surface area contributed by atoms with Crippen LogP contribution in [0, 0.1) is 24.2 Å². The lowest BCUT2D eigenvalue weighted by molar-refractivity contribution is -0.193. The normalized spacial score (nSPS) is 23.7. The molecule has 1 aromatic rings. The van der Waals surface area contributed by atoms with Gasteiger partial charge >= 0.3 is 24.3 Å². The molecule has 2 aliphatic heterocycles. The zero-order chi connectivity index (χ0) is 27.1. The van der Waals surface area contributed by atoms with Gasteiger partial charge in [0, 0.05) is 43.3 Å². The number of aliphatic carboxylic acids is 2. The van der Waals surface area contributed by atoms with Crippen LogP contribution in [0.3, 0.4) is 0 Å². The first kappa shape index (κ1) is 29.8. The van der Waals surface area contributed by atoms with Gasteiger partial charge in [0.25, 0.3) is 0 Å². The van der Waals surface area contributed by atoms with E-state index in [1.165, 1.54) is 18.5 Å². The molecular formula is C22H28F6N2O6. The molecule has 0 aromatic carbocycles. The Labute approximate surface area is 203 Å². The van der Waals surface area contributed by atoms with Crippen molar-refractivity contribution in [2.75, 3.05) is 39.5 Å². The second kappa shape index (κ2) is 12.2. The first-order valence-corrected chi connectivity index (χ1v) is 11.0. The highest BCUT2D eigenvalue weighted by molar-refractivity contribution is 5.73. The molecule has 0 radical (unpaired) electrons. The number of likely N-dealkylation sites (tertiary alicyclic amines) is 1. The van der Waals surface area contributed by atoms with E-state index in [9.17, 15) is 26.3 Å². The smallest absolute Gasteiger partial charge is 0.475 e. The number of aromatic nitrogens is 1. The molecule has 8 nitrogen and oxygen atoms in total. The van der Waals surface area contributed by atoms with Crippen molar-refractivity contribution in [2.24, 2.45) is 17.3 Å². The summed E-state index contributed by atoms with van der Waals surface area (Å²) in [4.78, 5) is 25.0. The molecule has 2 atom stereocenters. The molecule has 2 saturated heterocycles. The molecule has 0 bridgehead atoms. The number of ether oxygens (including phenoxy) is 2. The summed E-state index contributed by atoms with van der Waals surface area (Å²) >= 11 is 0. The summed E-state index contributed by atoms with van der Waals surface area (Å²) in [5.74, 6) is -4.05. The highest BCUT2D eigenvalue weighted by Crippen LogP contribution is 2.42. The monoisotopic (exact) mass is 530 g/mol. The van der Waals surface area contributed by atoms with Crippen LogP contribution in [0.1, 0.15) is 24.2 Å².